The lowest BCUT2D eigenvalue weighted by atomic mass is 9.99. The summed E-state index contributed by atoms with van der Waals surface area (Å²) < 4.78 is 12.0. The van der Waals surface area contributed by atoms with Crippen LogP contribution in [0.1, 0.15) is 63.7 Å². The molecule has 2 rings (SSSR count). The Balaban J connectivity index is 2.37. The molecule has 0 bridgehead atoms. The molecule has 0 saturated carbocycles. The van der Waals surface area contributed by atoms with Crippen molar-refractivity contribution >= 4 is 11.4 Å². The monoisotopic (exact) mass is 412 g/mol. The van der Waals surface area contributed by atoms with Crippen LogP contribution in [0.25, 0.3) is 0 Å². The third kappa shape index (κ3) is 6.40. The van der Waals surface area contributed by atoms with Crippen molar-refractivity contribution in [3.05, 3.63) is 53.6 Å². The molecule has 2 aromatic carbocycles. The van der Waals surface area contributed by atoms with Crippen molar-refractivity contribution < 1.29 is 9.47 Å². The molecule has 0 amide bonds. The van der Waals surface area contributed by atoms with Gasteiger partial charge in [0, 0.05) is 56.8 Å². The van der Waals surface area contributed by atoms with Gasteiger partial charge in [0.25, 0.3) is 0 Å². The molecule has 0 aliphatic heterocycles. The molecule has 2 aromatic rings. The number of ether oxygens (including phenoxy) is 2. The predicted octanol–water partition coefficient (Wildman–Crippen LogP) is 6.29. The molecular formula is C26H40N2O2. The summed E-state index contributed by atoms with van der Waals surface area (Å²) in [6, 6.07) is 15.2. The second-order valence-corrected chi connectivity index (χ2v) is 7.94. The number of hydrogen-bond donors (Lipinski definition) is 0. The van der Waals surface area contributed by atoms with Crippen LogP contribution in [-0.2, 0) is 4.74 Å². The highest BCUT2D eigenvalue weighted by molar-refractivity contribution is 5.56. The first-order chi connectivity index (χ1) is 14.5. The second kappa shape index (κ2) is 12.5. The van der Waals surface area contributed by atoms with Crippen LogP contribution in [0.4, 0.5) is 11.4 Å². The maximum atomic E-state index is 6.18. The lowest BCUT2D eigenvalue weighted by molar-refractivity contribution is 0.0894. The summed E-state index contributed by atoms with van der Waals surface area (Å²) in [5, 5.41) is 0. The van der Waals surface area contributed by atoms with E-state index in [2.05, 4.69) is 80.2 Å². The molecule has 1 atom stereocenters. The van der Waals surface area contributed by atoms with Gasteiger partial charge in [-0.15, -0.1) is 0 Å². The zero-order chi connectivity index (χ0) is 21.9. The van der Waals surface area contributed by atoms with Gasteiger partial charge in [0.1, 0.15) is 11.9 Å². The van der Waals surface area contributed by atoms with E-state index in [1.807, 2.05) is 6.92 Å². The van der Waals surface area contributed by atoms with Crippen LogP contribution < -0.4 is 14.5 Å². The highest BCUT2D eigenvalue weighted by atomic mass is 16.5. The van der Waals surface area contributed by atoms with Gasteiger partial charge in [-0.25, -0.2) is 0 Å². The van der Waals surface area contributed by atoms with E-state index in [4.69, 9.17) is 9.47 Å². The standard InChI is InChI=1S/C26H40N2O2/c1-7-10-18-28(19-11-8-2)23-16-17-24(25(20-23)29-6)26(30-9-3)21-12-14-22(15-13-21)27(4)5/h12-17,20,26H,7-11,18-19H2,1-6H3. The van der Waals surface area contributed by atoms with Crippen LogP contribution in [-0.4, -0.2) is 40.9 Å². The van der Waals surface area contributed by atoms with Crippen LogP contribution in [0.2, 0.25) is 0 Å². The van der Waals surface area contributed by atoms with Crippen molar-refractivity contribution in [3.8, 4) is 5.75 Å². The first-order valence-electron chi connectivity index (χ1n) is 11.4. The van der Waals surface area contributed by atoms with Crippen molar-refractivity contribution in [3.63, 3.8) is 0 Å². The summed E-state index contributed by atoms with van der Waals surface area (Å²) in [5.41, 5.74) is 4.63. The minimum atomic E-state index is -0.144. The van der Waals surface area contributed by atoms with Gasteiger partial charge in [-0.1, -0.05) is 44.9 Å². The van der Waals surface area contributed by atoms with Crippen LogP contribution in [0, 0.1) is 0 Å². The summed E-state index contributed by atoms with van der Waals surface area (Å²) in [5.74, 6) is 0.889. The minimum absolute atomic E-state index is 0.144. The van der Waals surface area contributed by atoms with E-state index in [0.29, 0.717) is 6.61 Å². The third-order valence-corrected chi connectivity index (χ3v) is 5.47. The van der Waals surface area contributed by atoms with Gasteiger partial charge in [0.15, 0.2) is 0 Å². The van der Waals surface area contributed by atoms with Crippen LogP contribution in [0.3, 0.4) is 0 Å². The summed E-state index contributed by atoms with van der Waals surface area (Å²) in [7, 11) is 5.86. The highest BCUT2D eigenvalue weighted by Gasteiger charge is 2.20. The van der Waals surface area contributed by atoms with Crippen molar-refractivity contribution in [2.24, 2.45) is 0 Å². The molecule has 0 aliphatic carbocycles. The van der Waals surface area contributed by atoms with E-state index < -0.39 is 0 Å². The van der Waals surface area contributed by atoms with Crippen molar-refractivity contribution in [1.82, 2.24) is 0 Å². The fourth-order valence-electron chi connectivity index (χ4n) is 3.66. The largest absolute Gasteiger partial charge is 0.496 e. The summed E-state index contributed by atoms with van der Waals surface area (Å²) in [6.45, 7) is 9.34. The van der Waals surface area contributed by atoms with Gasteiger partial charge < -0.3 is 19.3 Å². The maximum absolute atomic E-state index is 6.18. The first-order valence-corrected chi connectivity index (χ1v) is 11.4. The zero-order valence-corrected chi connectivity index (χ0v) is 19.8. The van der Waals surface area contributed by atoms with Crippen LogP contribution >= 0.6 is 0 Å². The quantitative estimate of drug-likeness (QED) is 0.386. The van der Waals surface area contributed by atoms with Crippen molar-refractivity contribution in [1.29, 1.82) is 0 Å². The number of rotatable bonds is 13. The van der Waals surface area contributed by atoms with E-state index in [1.54, 1.807) is 7.11 Å². The molecule has 0 spiro atoms. The van der Waals surface area contributed by atoms with Gasteiger partial charge in [-0.3, -0.25) is 0 Å². The Morgan fingerprint density at radius 3 is 1.93 bits per heavy atom. The van der Waals surface area contributed by atoms with Gasteiger partial charge >= 0.3 is 0 Å². The van der Waals surface area contributed by atoms with E-state index >= 15 is 0 Å². The number of hydrogen-bond acceptors (Lipinski definition) is 4. The highest BCUT2D eigenvalue weighted by Crippen LogP contribution is 2.36. The molecule has 0 heterocycles. The van der Waals surface area contributed by atoms with Gasteiger partial charge in [-0.05, 0) is 43.5 Å². The topological polar surface area (TPSA) is 24.9 Å². The molecule has 0 fully saturated rings. The lowest BCUT2D eigenvalue weighted by Gasteiger charge is -2.27. The molecular weight excluding hydrogens is 372 g/mol. The second-order valence-electron chi connectivity index (χ2n) is 7.94. The summed E-state index contributed by atoms with van der Waals surface area (Å²) in [4.78, 5) is 4.59. The molecule has 0 saturated heterocycles. The number of anilines is 2. The number of nitrogens with zero attached hydrogens (tertiary/aromatic N) is 2. The number of benzene rings is 2. The Morgan fingerprint density at radius 1 is 0.833 bits per heavy atom. The average molecular weight is 413 g/mol. The molecule has 4 heteroatoms. The van der Waals surface area contributed by atoms with E-state index in [9.17, 15) is 0 Å². The molecule has 0 N–H and O–H groups in total. The van der Waals surface area contributed by atoms with Gasteiger partial charge in [0.05, 0.1) is 7.11 Å². The number of methoxy groups -OCH3 is 1. The van der Waals surface area contributed by atoms with E-state index in [0.717, 1.165) is 30.0 Å². The molecule has 0 aliphatic rings. The third-order valence-electron chi connectivity index (χ3n) is 5.47. The average Bonchev–Trinajstić information content (AvgIpc) is 2.77. The smallest absolute Gasteiger partial charge is 0.127 e. The summed E-state index contributed by atoms with van der Waals surface area (Å²) in [6.07, 6.45) is 4.66. The minimum Gasteiger partial charge on any atom is -0.496 e. The van der Waals surface area contributed by atoms with Crippen molar-refractivity contribution in [2.75, 3.05) is 50.7 Å². The SMILES string of the molecule is CCCCN(CCCC)c1ccc(C(OCC)c2ccc(N(C)C)cc2)c(OC)c1. The Morgan fingerprint density at radius 2 is 1.43 bits per heavy atom. The summed E-state index contributed by atoms with van der Waals surface area (Å²) >= 11 is 0. The van der Waals surface area contributed by atoms with Crippen molar-refractivity contribution in [2.45, 2.75) is 52.6 Å². The predicted molar refractivity (Wildman–Crippen MR) is 129 cm³/mol. The zero-order valence-electron chi connectivity index (χ0n) is 19.8. The Bertz CT molecular complexity index is 735. The molecule has 0 aromatic heterocycles. The molecule has 1 unspecified atom stereocenters. The normalized spacial score (nSPS) is 11.9. The fourth-order valence-corrected chi connectivity index (χ4v) is 3.66. The Kier molecular flexibility index (Phi) is 10.0. The van der Waals surface area contributed by atoms with Gasteiger partial charge in [-0.2, -0.15) is 0 Å². The van der Waals surface area contributed by atoms with Crippen LogP contribution in [0.5, 0.6) is 5.75 Å². The molecule has 4 nitrogen and oxygen atoms in total. The lowest BCUT2D eigenvalue weighted by Crippen LogP contribution is -2.25. The van der Waals surface area contributed by atoms with E-state index in [1.165, 1.54) is 37.1 Å². The number of unbranched alkanes of at least 4 members (excludes halogenated alkanes) is 2. The molecule has 166 valence electrons. The fraction of sp³-hybridized carbons (Fsp3) is 0.538. The first kappa shape index (κ1) is 24.1. The molecule has 0 radical (unpaired) electrons. The van der Waals surface area contributed by atoms with E-state index in [-0.39, 0.29) is 6.10 Å². The Labute approximate surface area is 183 Å². The molecule has 30 heavy (non-hydrogen) atoms. The maximum Gasteiger partial charge on any atom is 0.127 e. The Hall–Kier alpha value is -2.20. The van der Waals surface area contributed by atoms with Gasteiger partial charge in [0.2, 0.25) is 0 Å². The van der Waals surface area contributed by atoms with Crippen LogP contribution in [0.15, 0.2) is 42.5 Å².